The Morgan fingerprint density at radius 1 is 1.30 bits per heavy atom. The molecule has 1 unspecified atom stereocenters. The SMILES string of the molecule is NC1=NC2(CCOc3ccc(NC(=O)c4ncc(F)cc4F)cc32)CCS1. The predicted molar refractivity (Wildman–Crippen MR) is 99.0 cm³/mol. The number of aromatic nitrogens is 1. The molecular formula is C18H16F2N4O2S. The number of nitrogens with one attached hydrogen (secondary N) is 1. The summed E-state index contributed by atoms with van der Waals surface area (Å²) in [5.74, 6) is -1.10. The van der Waals surface area contributed by atoms with Gasteiger partial charge in [-0.3, -0.25) is 9.79 Å². The van der Waals surface area contributed by atoms with E-state index in [4.69, 9.17) is 10.5 Å². The minimum absolute atomic E-state index is 0.446. The van der Waals surface area contributed by atoms with Crippen LogP contribution in [-0.2, 0) is 5.54 Å². The monoisotopic (exact) mass is 390 g/mol. The number of pyridine rings is 1. The number of aliphatic imine (C=N–C) groups is 1. The molecule has 0 bridgehead atoms. The minimum Gasteiger partial charge on any atom is -0.493 e. The van der Waals surface area contributed by atoms with Crippen molar-refractivity contribution in [3.05, 3.63) is 53.4 Å². The van der Waals surface area contributed by atoms with E-state index in [1.807, 2.05) is 0 Å². The molecule has 0 saturated heterocycles. The van der Waals surface area contributed by atoms with Gasteiger partial charge in [-0.05, 0) is 24.6 Å². The van der Waals surface area contributed by atoms with Crippen LogP contribution in [0.15, 0.2) is 35.5 Å². The lowest BCUT2D eigenvalue weighted by Crippen LogP contribution is -2.36. The number of hydrogen-bond donors (Lipinski definition) is 2. The first-order valence-corrected chi connectivity index (χ1v) is 9.33. The fraction of sp³-hybridized carbons (Fsp3) is 0.278. The summed E-state index contributed by atoms with van der Waals surface area (Å²) in [6.45, 7) is 0.533. The van der Waals surface area contributed by atoms with Crippen LogP contribution in [0.3, 0.4) is 0 Å². The largest absolute Gasteiger partial charge is 0.493 e. The highest BCUT2D eigenvalue weighted by Crippen LogP contribution is 2.46. The van der Waals surface area contributed by atoms with Crippen LogP contribution in [0.2, 0.25) is 0 Å². The third kappa shape index (κ3) is 3.34. The summed E-state index contributed by atoms with van der Waals surface area (Å²) in [6, 6.07) is 5.78. The molecule has 0 saturated carbocycles. The van der Waals surface area contributed by atoms with Gasteiger partial charge in [0, 0.05) is 29.5 Å². The van der Waals surface area contributed by atoms with E-state index < -0.39 is 28.8 Å². The Morgan fingerprint density at radius 2 is 2.15 bits per heavy atom. The molecule has 2 aliphatic rings. The highest BCUT2D eigenvalue weighted by atomic mass is 32.2. The fourth-order valence-electron chi connectivity index (χ4n) is 3.33. The summed E-state index contributed by atoms with van der Waals surface area (Å²) in [5.41, 5.74) is 6.27. The predicted octanol–water partition coefficient (Wildman–Crippen LogP) is 3.04. The van der Waals surface area contributed by atoms with Crippen molar-refractivity contribution < 1.29 is 18.3 Å². The number of fused-ring (bicyclic) bond motifs is 2. The summed E-state index contributed by atoms with van der Waals surface area (Å²) in [5, 5.41) is 3.13. The van der Waals surface area contributed by atoms with Gasteiger partial charge >= 0.3 is 0 Å². The van der Waals surface area contributed by atoms with E-state index in [2.05, 4.69) is 15.3 Å². The Balaban J connectivity index is 1.66. The average molecular weight is 390 g/mol. The number of amides is 1. The standard InChI is InChI=1S/C18H16F2N4O2S/c19-10-7-13(20)15(22-9-10)16(25)23-11-1-2-14-12(8-11)18(3-5-26-14)4-6-27-17(21)24-18/h1-2,7-9H,3-6H2,(H2,21,24)(H,23,25). The van der Waals surface area contributed by atoms with E-state index in [-0.39, 0.29) is 0 Å². The molecule has 3 N–H and O–H groups in total. The van der Waals surface area contributed by atoms with Crippen LogP contribution in [0.4, 0.5) is 14.5 Å². The summed E-state index contributed by atoms with van der Waals surface area (Å²) in [7, 11) is 0. The maximum Gasteiger partial charge on any atom is 0.277 e. The molecule has 1 spiro atoms. The number of ether oxygens (including phenoxy) is 1. The molecule has 3 heterocycles. The van der Waals surface area contributed by atoms with Crippen molar-refractivity contribution in [2.75, 3.05) is 17.7 Å². The van der Waals surface area contributed by atoms with Gasteiger partial charge < -0.3 is 15.8 Å². The number of carbonyl (C=O) groups excluding carboxylic acids is 1. The van der Waals surface area contributed by atoms with Gasteiger partial charge in [-0.25, -0.2) is 13.8 Å². The lowest BCUT2D eigenvalue weighted by Gasteiger charge is -2.38. The third-order valence-electron chi connectivity index (χ3n) is 4.62. The number of nitrogens with zero attached hydrogens (tertiary/aromatic N) is 2. The average Bonchev–Trinajstić information content (AvgIpc) is 2.62. The van der Waals surface area contributed by atoms with E-state index in [0.29, 0.717) is 35.7 Å². The van der Waals surface area contributed by atoms with Crippen molar-refractivity contribution in [2.24, 2.45) is 10.7 Å². The first kappa shape index (κ1) is 17.7. The molecule has 0 radical (unpaired) electrons. The van der Waals surface area contributed by atoms with E-state index >= 15 is 0 Å². The number of halogens is 2. The van der Waals surface area contributed by atoms with Gasteiger partial charge in [0.25, 0.3) is 5.91 Å². The quantitative estimate of drug-likeness (QED) is 0.823. The number of nitrogens with two attached hydrogens (primary N) is 1. The number of anilines is 1. The van der Waals surface area contributed by atoms with Gasteiger partial charge in [0.15, 0.2) is 16.7 Å². The molecule has 0 fully saturated rings. The maximum absolute atomic E-state index is 13.8. The fourth-order valence-corrected chi connectivity index (χ4v) is 4.22. The lowest BCUT2D eigenvalue weighted by molar-refractivity contribution is 0.101. The number of amidine groups is 1. The van der Waals surface area contributed by atoms with E-state index in [0.717, 1.165) is 23.9 Å². The first-order chi connectivity index (χ1) is 13.0. The van der Waals surface area contributed by atoms with E-state index in [1.54, 1.807) is 18.2 Å². The summed E-state index contributed by atoms with van der Waals surface area (Å²) < 4.78 is 32.5. The summed E-state index contributed by atoms with van der Waals surface area (Å²) >= 11 is 1.51. The van der Waals surface area contributed by atoms with E-state index in [1.165, 1.54) is 11.8 Å². The number of thioether (sulfide) groups is 1. The third-order valence-corrected chi connectivity index (χ3v) is 5.42. The zero-order chi connectivity index (χ0) is 19.0. The normalized spacial score (nSPS) is 21.2. The molecule has 1 atom stereocenters. The van der Waals surface area contributed by atoms with Gasteiger partial charge in [0.2, 0.25) is 0 Å². The lowest BCUT2D eigenvalue weighted by atomic mass is 9.82. The smallest absolute Gasteiger partial charge is 0.277 e. The summed E-state index contributed by atoms with van der Waals surface area (Å²) in [6.07, 6.45) is 2.29. The molecule has 140 valence electrons. The van der Waals surface area contributed by atoms with Crippen LogP contribution in [0.1, 0.15) is 28.9 Å². The highest BCUT2D eigenvalue weighted by Gasteiger charge is 2.39. The topological polar surface area (TPSA) is 89.6 Å². The Hall–Kier alpha value is -2.68. The molecule has 27 heavy (non-hydrogen) atoms. The second-order valence-corrected chi connectivity index (χ2v) is 7.44. The molecule has 6 nitrogen and oxygen atoms in total. The van der Waals surface area contributed by atoms with Crippen LogP contribution >= 0.6 is 11.8 Å². The van der Waals surface area contributed by atoms with Crippen molar-refractivity contribution in [1.82, 2.24) is 4.98 Å². The van der Waals surface area contributed by atoms with Crippen molar-refractivity contribution in [2.45, 2.75) is 18.4 Å². The molecule has 2 aliphatic heterocycles. The van der Waals surface area contributed by atoms with E-state index in [9.17, 15) is 13.6 Å². The molecule has 9 heteroatoms. The number of benzene rings is 1. The maximum atomic E-state index is 13.8. The molecule has 0 aliphatic carbocycles. The molecule has 1 aromatic heterocycles. The van der Waals surface area contributed by atoms with Crippen molar-refractivity contribution in [3.8, 4) is 5.75 Å². The second kappa shape index (κ2) is 6.80. The second-order valence-electron chi connectivity index (χ2n) is 6.33. The molecular weight excluding hydrogens is 374 g/mol. The minimum atomic E-state index is -1.02. The Morgan fingerprint density at radius 3 is 2.93 bits per heavy atom. The zero-order valence-corrected chi connectivity index (χ0v) is 15.0. The molecule has 1 amide bonds. The number of rotatable bonds is 2. The zero-order valence-electron chi connectivity index (χ0n) is 14.2. The van der Waals surface area contributed by atoms with Gasteiger partial charge in [-0.15, -0.1) is 0 Å². The first-order valence-electron chi connectivity index (χ1n) is 8.35. The van der Waals surface area contributed by atoms with Crippen LogP contribution in [0.25, 0.3) is 0 Å². The molecule has 1 aromatic carbocycles. The molecule has 4 rings (SSSR count). The summed E-state index contributed by atoms with van der Waals surface area (Å²) in [4.78, 5) is 20.5. The van der Waals surface area contributed by atoms with Crippen LogP contribution in [-0.4, -0.2) is 28.4 Å². The highest BCUT2D eigenvalue weighted by molar-refractivity contribution is 8.13. The van der Waals surface area contributed by atoms with Gasteiger partial charge in [0.1, 0.15) is 11.6 Å². The number of hydrogen-bond acceptors (Lipinski definition) is 6. The van der Waals surface area contributed by atoms with Crippen molar-refractivity contribution in [1.29, 1.82) is 0 Å². The Bertz CT molecular complexity index is 953. The van der Waals surface area contributed by atoms with Crippen LogP contribution in [0, 0.1) is 11.6 Å². The van der Waals surface area contributed by atoms with Crippen LogP contribution in [0.5, 0.6) is 5.75 Å². The Labute approximate surface area is 158 Å². The van der Waals surface area contributed by atoms with Gasteiger partial charge in [-0.1, -0.05) is 11.8 Å². The van der Waals surface area contributed by atoms with Crippen LogP contribution < -0.4 is 15.8 Å². The van der Waals surface area contributed by atoms with Gasteiger partial charge in [-0.2, -0.15) is 0 Å². The van der Waals surface area contributed by atoms with Crippen molar-refractivity contribution in [3.63, 3.8) is 0 Å². The Kier molecular flexibility index (Phi) is 4.47. The van der Waals surface area contributed by atoms with Crippen molar-refractivity contribution >= 4 is 28.5 Å². The van der Waals surface area contributed by atoms with Gasteiger partial charge in [0.05, 0.1) is 18.3 Å². The number of carbonyl (C=O) groups is 1. The molecule has 2 aromatic rings.